The molecule has 0 bridgehead atoms. The number of aryl methyl sites for hydroxylation is 1. The molecule has 2 aromatic heterocycles. The first kappa shape index (κ1) is 16.3. The SMILES string of the molecule is CCCCOC(=O)Cn1c(Cl)nc2c1c(=O)n(C)c(=O)n2C. The maximum absolute atomic E-state index is 12.3. The molecule has 0 atom stereocenters. The van der Waals surface area contributed by atoms with Crippen LogP contribution in [0.5, 0.6) is 0 Å². The second-order valence-electron chi connectivity index (χ2n) is 4.92. The number of unbranched alkanes of at least 4 members (excludes halogenated alkanes) is 1. The van der Waals surface area contributed by atoms with Crippen molar-refractivity contribution in [2.75, 3.05) is 6.61 Å². The van der Waals surface area contributed by atoms with E-state index in [1.54, 1.807) is 0 Å². The number of hydrogen-bond acceptors (Lipinski definition) is 5. The van der Waals surface area contributed by atoms with Gasteiger partial charge in [0.05, 0.1) is 6.61 Å². The molecular weight excluding hydrogens is 312 g/mol. The van der Waals surface area contributed by atoms with Crippen molar-refractivity contribution in [2.45, 2.75) is 26.3 Å². The number of fused-ring (bicyclic) bond motifs is 1. The third-order valence-corrected chi connectivity index (χ3v) is 3.64. The first-order valence-corrected chi connectivity index (χ1v) is 7.23. The van der Waals surface area contributed by atoms with Crippen LogP contribution in [0.4, 0.5) is 0 Å². The highest BCUT2D eigenvalue weighted by Crippen LogP contribution is 2.15. The molecule has 0 saturated heterocycles. The average molecular weight is 329 g/mol. The molecule has 0 aliphatic carbocycles. The Morgan fingerprint density at radius 3 is 2.59 bits per heavy atom. The van der Waals surface area contributed by atoms with Crippen LogP contribution in [0.25, 0.3) is 11.2 Å². The molecule has 0 aliphatic heterocycles. The summed E-state index contributed by atoms with van der Waals surface area (Å²) in [5.41, 5.74) is -0.829. The quantitative estimate of drug-likeness (QED) is 0.451. The van der Waals surface area contributed by atoms with Gasteiger partial charge in [-0.05, 0) is 18.0 Å². The second kappa shape index (κ2) is 6.35. The molecule has 0 amide bonds. The Kier molecular flexibility index (Phi) is 4.70. The highest BCUT2D eigenvalue weighted by Gasteiger charge is 2.20. The smallest absolute Gasteiger partial charge is 0.332 e. The minimum absolute atomic E-state index is 0.0410. The first-order chi connectivity index (χ1) is 10.4. The molecule has 0 fully saturated rings. The Balaban J connectivity index is 2.47. The number of esters is 1. The molecule has 120 valence electrons. The van der Waals surface area contributed by atoms with E-state index in [4.69, 9.17) is 16.3 Å². The monoisotopic (exact) mass is 328 g/mol. The highest BCUT2D eigenvalue weighted by molar-refractivity contribution is 6.29. The molecule has 0 saturated carbocycles. The lowest BCUT2D eigenvalue weighted by Crippen LogP contribution is -2.37. The topological polar surface area (TPSA) is 88.1 Å². The number of carbonyl (C=O) groups excluding carboxylic acids is 1. The predicted molar refractivity (Wildman–Crippen MR) is 81.1 cm³/mol. The molecule has 0 spiro atoms. The van der Waals surface area contributed by atoms with Crippen molar-refractivity contribution in [3.05, 3.63) is 26.1 Å². The third kappa shape index (κ3) is 2.78. The van der Waals surface area contributed by atoms with Crippen LogP contribution in [-0.2, 0) is 30.2 Å². The van der Waals surface area contributed by atoms with Gasteiger partial charge in [0.15, 0.2) is 11.2 Å². The van der Waals surface area contributed by atoms with E-state index in [0.29, 0.717) is 6.61 Å². The zero-order valence-electron chi connectivity index (χ0n) is 12.6. The van der Waals surface area contributed by atoms with Crippen LogP contribution in [0.3, 0.4) is 0 Å². The van der Waals surface area contributed by atoms with Gasteiger partial charge in [-0.3, -0.25) is 23.3 Å². The number of halogens is 1. The van der Waals surface area contributed by atoms with Crippen molar-refractivity contribution in [1.82, 2.24) is 18.7 Å². The Bertz CT molecular complexity index is 833. The molecule has 2 rings (SSSR count). The van der Waals surface area contributed by atoms with Gasteiger partial charge in [0.1, 0.15) is 6.54 Å². The molecule has 9 heteroatoms. The number of aromatic nitrogens is 4. The van der Waals surface area contributed by atoms with E-state index < -0.39 is 17.2 Å². The molecule has 0 radical (unpaired) electrons. The van der Waals surface area contributed by atoms with Crippen LogP contribution >= 0.6 is 11.6 Å². The lowest BCUT2D eigenvalue weighted by molar-refractivity contribution is -0.144. The van der Waals surface area contributed by atoms with Crippen LogP contribution in [0.1, 0.15) is 19.8 Å². The fourth-order valence-electron chi connectivity index (χ4n) is 2.07. The van der Waals surface area contributed by atoms with Crippen LogP contribution < -0.4 is 11.2 Å². The van der Waals surface area contributed by atoms with E-state index in [0.717, 1.165) is 17.4 Å². The zero-order chi connectivity index (χ0) is 16.4. The molecule has 0 unspecified atom stereocenters. The lowest BCUT2D eigenvalue weighted by atomic mass is 10.4. The fraction of sp³-hybridized carbons (Fsp3) is 0.538. The van der Waals surface area contributed by atoms with Crippen molar-refractivity contribution in [3.63, 3.8) is 0 Å². The van der Waals surface area contributed by atoms with Crippen molar-refractivity contribution < 1.29 is 9.53 Å². The van der Waals surface area contributed by atoms with Gasteiger partial charge in [-0.25, -0.2) is 4.79 Å². The van der Waals surface area contributed by atoms with E-state index >= 15 is 0 Å². The Morgan fingerprint density at radius 1 is 1.27 bits per heavy atom. The standard InChI is InChI=1S/C13H17ClN4O4/c1-4-5-6-22-8(19)7-18-9-10(15-12(18)14)16(2)13(21)17(3)11(9)20/h4-7H2,1-3H3. The van der Waals surface area contributed by atoms with E-state index in [-0.39, 0.29) is 23.0 Å². The number of carbonyl (C=O) groups is 1. The van der Waals surface area contributed by atoms with Crippen molar-refractivity contribution >= 4 is 28.7 Å². The summed E-state index contributed by atoms with van der Waals surface area (Å²) in [5, 5.41) is -0.0410. The summed E-state index contributed by atoms with van der Waals surface area (Å²) in [6, 6.07) is 0. The number of hydrogen-bond donors (Lipinski definition) is 0. The molecule has 0 aliphatic rings. The van der Waals surface area contributed by atoms with Crippen LogP contribution in [0.15, 0.2) is 9.59 Å². The fourth-order valence-corrected chi connectivity index (χ4v) is 2.29. The highest BCUT2D eigenvalue weighted by atomic mass is 35.5. The van der Waals surface area contributed by atoms with Crippen LogP contribution in [-0.4, -0.2) is 31.3 Å². The molecule has 0 N–H and O–H groups in total. The molecule has 2 aromatic rings. The number of imidazole rings is 1. The molecule has 0 aromatic carbocycles. The van der Waals surface area contributed by atoms with Gasteiger partial charge in [-0.15, -0.1) is 0 Å². The summed E-state index contributed by atoms with van der Waals surface area (Å²) in [6.07, 6.45) is 1.67. The van der Waals surface area contributed by atoms with Crippen LogP contribution in [0.2, 0.25) is 5.28 Å². The van der Waals surface area contributed by atoms with Gasteiger partial charge in [0.25, 0.3) is 5.56 Å². The summed E-state index contributed by atoms with van der Waals surface area (Å²) < 4.78 is 8.47. The summed E-state index contributed by atoms with van der Waals surface area (Å²) in [4.78, 5) is 39.9. The van der Waals surface area contributed by atoms with Crippen molar-refractivity contribution in [1.29, 1.82) is 0 Å². The first-order valence-electron chi connectivity index (χ1n) is 6.85. The maximum Gasteiger partial charge on any atom is 0.332 e. The van der Waals surface area contributed by atoms with Gasteiger partial charge in [-0.2, -0.15) is 4.98 Å². The van der Waals surface area contributed by atoms with E-state index in [1.807, 2.05) is 6.92 Å². The lowest BCUT2D eigenvalue weighted by Gasteiger charge is -2.07. The molecule has 8 nitrogen and oxygen atoms in total. The largest absolute Gasteiger partial charge is 0.464 e. The Morgan fingerprint density at radius 2 is 1.95 bits per heavy atom. The number of rotatable bonds is 5. The van der Waals surface area contributed by atoms with E-state index in [2.05, 4.69) is 4.98 Å². The summed E-state index contributed by atoms with van der Waals surface area (Å²) in [6.45, 7) is 2.07. The number of nitrogens with zero attached hydrogens (tertiary/aromatic N) is 4. The average Bonchev–Trinajstić information content (AvgIpc) is 2.80. The van der Waals surface area contributed by atoms with Gasteiger partial charge in [0.2, 0.25) is 5.28 Å². The maximum atomic E-state index is 12.3. The second-order valence-corrected chi connectivity index (χ2v) is 5.26. The summed E-state index contributed by atoms with van der Waals surface area (Å²) in [7, 11) is 2.84. The van der Waals surface area contributed by atoms with Gasteiger partial charge >= 0.3 is 11.7 Å². The Labute approximate surface area is 130 Å². The predicted octanol–water partition coefficient (Wildman–Crippen LogP) is 0.430. The van der Waals surface area contributed by atoms with Gasteiger partial charge < -0.3 is 4.74 Å². The molecule has 22 heavy (non-hydrogen) atoms. The summed E-state index contributed by atoms with van der Waals surface area (Å²) >= 11 is 6.00. The van der Waals surface area contributed by atoms with E-state index in [1.165, 1.54) is 23.2 Å². The third-order valence-electron chi connectivity index (χ3n) is 3.35. The van der Waals surface area contributed by atoms with Crippen molar-refractivity contribution in [3.8, 4) is 0 Å². The summed E-state index contributed by atoms with van der Waals surface area (Å²) in [5.74, 6) is -0.509. The molecule has 2 heterocycles. The van der Waals surface area contributed by atoms with E-state index in [9.17, 15) is 14.4 Å². The molecular formula is C13H17ClN4O4. The zero-order valence-corrected chi connectivity index (χ0v) is 13.4. The van der Waals surface area contributed by atoms with Crippen LogP contribution in [0, 0.1) is 0 Å². The van der Waals surface area contributed by atoms with Crippen molar-refractivity contribution in [2.24, 2.45) is 14.1 Å². The Hall–Kier alpha value is -2.09. The number of ether oxygens (including phenoxy) is 1. The van der Waals surface area contributed by atoms with Gasteiger partial charge in [0, 0.05) is 14.1 Å². The van der Waals surface area contributed by atoms with Gasteiger partial charge in [-0.1, -0.05) is 13.3 Å². The minimum Gasteiger partial charge on any atom is -0.464 e. The minimum atomic E-state index is -0.557. The normalized spacial score (nSPS) is 11.1.